The van der Waals surface area contributed by atoms with E-state index < -0.39 is 0 Å². The van der Waals surface area contributed by atoms with Crippen LogP contribution >= 0.6 is 23.1 Å². The minimum atomic E-state index is 0.858. The zero-order valence-corrected chi connectivity index (χ0v) is 17.3. The highest BCUT2D eigenvalue weighted by molar-refractivity contribution is 7.98. The molecule has 0 aliphatic heterocycles. The van der Waals surface area contributed by atoms with Gasteiger partial charge in [0.05, 0.1) is 18.0 Å². The Morgan fingerprint density at radius 2 is 2.04 bits per heavy atom. The molecular formula is C19H31N3OS2. The molecule has 0 saturated heterocycles. The summed E-state index contributed by atoms with van der Waals surface area (Å²) in [5.41, 5.74) is 1.24. The van der Waals surface area contributed by atoms with Crippen molar-refractivity contribution in [1.29, 1.82) is 0 Å². The number of hydrogen-bond donors (Lipinski definition) is 1. The van der Waals surface area contributed by atoms with Crippen molar-refractivity contribution in [3.8, 4) is 0 Å². The summed E-state index contributed by atoms with van der Waals surface area (Å²) in [4.78, 5) is 6.79. The molecule has 4 nitrogen and oxygen atoms in total. The largest absolute Gasteiger partial charge is 0.464 e. The average Bonchev–Trinajstić information content (AvgIpc) is 3.20. The Hall–Kier alpha value is -0.980. The second-order valence-electron chi connectivity index (χ2n) is 6.54. The van der Waals surface area contributed by atoms with Crippen LogP contribution in [0.25, 0.3) is 0 Å². The quantitative estimate of drug-likeness (QED) is 0.479. The molecule has 0 aliphatic rings. The van der Waals surface area contributed by atoms with Gasteiger partial charge < -0.3 is 14.6 Å². The van der Waals surface area contributed by atoms with E-state index in [4.69, 9.17) is 4.42 Å². The lowest BCUT2D eigenvalue weighted by Gasteiger charge is -2.05. The van der Waals surface area contributed by atoms with Crippen molar-refractivity contribution < 1.29 is 4.42 Å². The molecule has 2 aromatic rings. The van der Waals surface area contributed by atoms with E-state index in [1.807, 2.05) is 11.8 Å². The fourth-order valence-electron chi connectivity index (χ4n) is 2.54. The van der Waals surface area contributed by atoms with E-state index in [1.165, 1.54) is 31.4 Å². The van der Waals surface area contributed by atoms with Gasteiger partial charge in [-0.25, -0.2) is 4.98 Å². The number of nitrogens with one attached hydrogen (secondary N) is 1. The molecule has 0 aromatic carbocycles. The van der Waals surface area contributed by atoms with Gasteiger partial charge in [-0.3, -0.25) is 0 Å². The molecule has 2 heterocycles. The summed E-state index contributed by atoms with van der Waals surface area (Å²) in [6.07, 6.45) is 6.30. The highest BCUT2D eigenvalue weighted by Crippen LogP contribution is 2.19. The predicted molar refractivity (Wildman–Crippen MR) is 111 cm³/mol. The van der Waals surface area contributed by atoms with Crippen LogP contribution in [0.15, 0.2) is 21.9 Å². The second-order valence-corrected chi connectivity index (χ2v) is 8.50. The molecule has 0 unspecified atom stereocenters. The molecule has 0 atom stereocenters. The van der Waals surface area contributed by atoms with Gasteiger partial charge in [0.1, 0.15) is 11.5 Å². The van der Waals surface area contributed by atoms with Crippen LogP contribution in [-0.2, 0) is 18.7 Å². The number of aromatic nitrogens is 1. The third-order valence-corrected chi connectivity index (χ3v) is 5.62. The first-order valence-electron chi connectivity index (χ1n) is 9.15. The van der Waals surface area contributed by atoms with Crippen LogP contribution in [0.3, 0.4) is 0 Å². The predicted octanol–water partition coefficient (Wildman–Crippen LogP) is 5.27. The molecule has 0 spiro atoms. The van der Waals surface area contributed by atoms with Crippen LogP contribution in [0.1, 0.15) is 49.8 Å². The Balaban J connectivity index is 1.57. The number of thioether (sulfide) groups is 1. The lowest BCUT2D eigenvalue weighted by atomic mass is 10.1. The normalized spacial score (nSPS) is 11.4. The Morgan fingerprint density at radius 3 is 2.84 bits per heavy atom. The summed E-state index contributed by atoms with van der Waals surface area (Å²) >= 11 is 3.61. The number of rotatable bonds is 13. The smallest absolute Gasteiger partial charge is 0.182 e. The molecule has 0 saturated carbocycles. The Bertz CT molecular complexity index is 595. The van der Waals surface area contributed by atoms with Crippen molar-refractivity contribution in [2.24, 2.45) is 0 Å². The summed E-state index contributed by atoms with van der Waals surface area (Å²) in [5.74, 6) is 4.07. The number of anilines is 1. The second kappa shape index (κ2) is 11.6. The molecule has 1 N–H and O–H groups in total. The summed E-state index contributed by atoms with van der Waals surface area (Å²) in [7, 11) is 4.11. The van der Waals surface area contributed by atoms with Crippen LogP contribution in [-0.4, -0.2) is 36.3 Å². The van der Waals surface area contributed by atoms with Gasteiger partial charge in [-0.2, -0.15) is 11.8 Å². The molecule has 25 heavy (non-hydrogen) atoms. The monoisotopic (exact) mass is 381 g/mol. The third-order valence-electron chi connectivity index (χ3n) is 3.79. The van der Waals surface area contributed by atoms with Crippen molar-refractivity contribution in [2.75, 3.05) is 31.7 Å². The maximum Gasteiger partial charge on any atom is 0.182 e. The number of furan rings is 1. The van der Waals surface area contributed by atoms with E-state index in [2.05, 4.69) is 53.7 Å². The summed E-state index contributed by atoms with van der Waals surface area (Å²) in [6, 6.07) is 4.16. The van der Waals surface area contributed by atoms with Gasteiger partial charge >= 0.3 is 0 Å². The summed E-state index contributed by atoms with van der Waals surface area (Å²) in [6.45, 7) is 4.05. The van der Waals surface area contributed by atoms with Gasteiger partial charge in [0.15, 0.2) is 5.13 Å². The standard InChI is InChI=1S/C19H31N3OS2/c1-4-5-6-7-8-16-14-25-19(21-16)20-11-12-24-15-18-10-9-17(23-18)13-22(2)3/h9-10,14H,4-8,11-13,15H2,1-3H3,(H,20,21). The topological polar surface area (TPSA) is 41.3 Å². The van der Waals surface area contributed by atoms with Gasteiger partial charge in [-0.15, -0.1) is 11.3 Å². The van der Waals surface area contributed by atoms with Crippen molar-refractivity contribution in [2.45, 2.75) is 51.3 Å². The SMILES string of the molecule is CCCCCCc1csc(NCCSCc2ccc(CN(C)C)o2)n1. The van der Waals surface area contributed by atoms with Gasteiger partial charge in [-0.1, -0.05) is 26.2 Å². The van der Waals surface area contributed by atoms with E-state index in [9.17, 15) is 0 Å². The molecule has 2 aromatic heterocycles. The minimum Gasteiger partial charge on any atom is -0.464 e. The first-order chi connectivity index (χ1) is 12.2. The lowest BCUT2D eigenvalue weighted by Crippen LogP contribution is -2.09. The van der Waals surface area contributed by atoms with E-state index in [1.54, 1.807) is 11.3 Å². The van der Waals surface area contributed by atoms with Crippen molar-refractivity contribution in [3.05, 3.63) is 34.7 Å². The van der Waals surface area contributed by atoms with E-state index in [0.717, 1.165) is 47.7 Å². The van der Waals surface area contributed by atoms with Gasteiger partial charge in [0, 0.05) is 17.7 Å². The Morgan fingerprint density at radius 1 is 1.20 bits per heavy atom. The summed E-state index contributed by atoms with van der Waals surface area (Å²) < 4.78 is 5.82. The molecule has 0 bridgehead atoms. The number of unbranched alkanes of at least 4 members (excludes halogenated alkanes) is 3. The number of nitrogens with zero attached hydrogens (tertiary/aromatic N) is 2. The van der Waals surface area contributed by atoms with Crippen molar-refractivity contribution in [1.82, 2.24) is 9.88 Å². The first kappa shape index (κ1) is 20.3. The molecule has 6 heteroatoms. The Kier molecular flexibility index (Phi) is 9.43. The first-order valence-corrected chi connectivity index (χ1v) is 11.2. The third kappa shape index (κ3) is 8.29. The molecular weight excluding hydrogens is 350 g/mol. The molecule has 0 radical (unpaired) electrons. The van der Waals surface area contributed by atoms with Gasteiger partial charge in [0.25, 0.3) is 0 Å². The number of aryl methyl sites for hydroxylation is 1. The number of hydrogen-bond acceptors (Lipinski definition) is 6. The van der Waals surface area contributed by atoms with Gasteiger partial charge in [-0.05, 0) is 39.1 Å². The van der Waals surface area contributed by atoms with Crippen LogP contribution < -0.4 is 5.32 Å². The van der Waals surface area contributed by atoms with Crippen LogP contribution in [0.2, 0.25) is 0 Å². The number of thiazole rings is 1. The molecule has 140 valence electrons. The highest BCUT2D eigenvalue weighted by atomic mass is 32.2. The maximum atomic E-state index is 5.82. The van der Waals surface area contributed by atoms with Crippen LogP contribution in [0, 0.1) is 0 Å². The van der Waals surface area contributed by atoms with Gasteiger partial charge in [0.2, 0.25) is 0 Å². The van der Waals surface area contributed by atoms with E-state index in [-0.39, 0.29) is 0 Å². The Labute approximate surface area is 160 Å². The van der Waals surface area contributed by atoms with E-state index in [0.29, 0.717) is 0 Å². The lowest BCUT2D eigenvalue weighted by molar-refractivity contribution is 0.344. The zero-order chi connectivity index (χ0) is 17.9. The molecule has 0 aliphatic carbocycles. The minimum absolute atomic E-state index is 0.858. The molecule has 2 rings (SSSR count). The fraction of sp³-hybridized carbons (Fsp3) is 0.632. The van der Waals surface area contributed by atoms with Crippen molar-refractivity contribution in [3.63, 3.8) is 0 Å². The zero-order valence-electron chi connectivity index (χ0n) is 15.7. The molecule has 0 amide bonds. The van der Waals surface area contributed by atoms with Crippen LogP contribution in [0.4, 0.5) is 5.13 Å². The fourth-order valence-corrected chi connectivity index (χ4v) is 4.06. The molecule has 0 fully saturated rings. The van der Waals surface area contributed by atoms with Crippen molar-refractivity contribution >= 4 is 28.2 Å². The van der Waals surface area contributed by atoms with E-state index >= 15 is 0 Å². The highest BCUT2D eigenvalue weighted by Gasteiger charge is 2.04. The van der Waals surface area contributed by atoms with Crippen LogP contribution in [0.5, 0.6) is 0 Å². The summed E-state index contributed by atoms with van der Waals surface area (Å²) in [5, 5.41) is 6.68. The maximum absolute atomic E-state index is 5.82. The average molecular weight is 382 g/mol.